The fourth-order valence-electron chi connectivity index (χ4n) is 2.74. The van der Waals surface area contributed by atoms with Crippen LogP contribution in [-0.4, -0.2) is 28.4 Å². The van der Waals surface area contributed by atoms with E-state index in [0.29, 0.717) is 36.6 Å². The Hall–Kier alpha value is -3.35. The maximum absolute atomic E-state index is 12.3. The number of amides is 2. The number of fused-ring (bicyclic) bond motifs is 2. The second-order valence-corrected chi connectivity index (χ2v) is 5.79. The van der Waals surface area contributed by atoms with E-state index >= 15 is 0 Å². The first-order chi connectivity index (χ1) is 12.2. The van der Waals surface area contributed by atoms with Crippen molar-refractivity contribution in [3.8, 4) is 5.75 Å². The van der Waals surface area contributed by atoms with Crippen LogP contribution in [0.15, 0.2) is 42.7 Å². The van der Waals surface area contributed by atoms with Crippen molar-refractivity contribution < 1.29 is 14.3 Å². The van der Waals surface area contributed by atoms with Gasteiger partial charge in [-0.25, -0.2) is 4.98 Å². The smallest absolute Gasteiger partial charge is 0.251 e. The predicted molar refractivity (Wildman–Crippen MR) is 92.4 cm³/mol. The lowest BCUT2D eigenvalue weighted by Crippen LogP contribution is -2.22. The zero-order valence-corrected chi connectivity index (χ0v) is 13.3. The van der Waals surface area contributed by atoms with E-state index in [4.69, 9.17) is 4.74 Å². The van der Waals surface area contributed by atoms with E-state index in [9.17, 15) is 9.59 Å². The Kier molecular flexibility index (Phi) is 3.81. The predicted octanol–water partition coefficient (Wildman–Crippen LogP) is 2.21. The Labute approximate surface area is 143 Å². The Bertz CT molecular complexity index is 964. The molecule has 0 bridgehead atoms. The maximum atomic E-state index is 12.3. The van der Waals surface area contributed by atoms with Gasteiger partial charge in [-0.15, -0.1) is 0 Å². The molecule has 0 saturated carbocycles. The highest BCUT2D eigenvalue weighted by molar-refractivity contribution is 5.97. The Balaban J connectivity index is 1.47. The topological polar surface area (TPSA) is 96.1 Å². The molecule has 0 saturated heterocycles. The highest BCUT2D eigenvalue weighted by Gasteiger charge is 2.14. The molecule has 2 amide bonds. The molecule has 0 unspecified atom stereocenters. The van der Waals surface area contributed by atoms with Crippen LogP contribution in [0.5, 0.6) is 5.75 Å². The molecule has 0 fully saturated rings. The van der Waals surface area contributed by atoms with Crippen LogP contribution in [0.2, 0.25) is 0 Å². The van der Waals surface area contributed by atoms with E-state index in [1.807, 2.05) is 12.1 Å². The van der Waals surface area contributed by atoms with E-state index in [-0.39, 0.29) is 11.8 Å². The molecule has 0 radical (unpaired) electrons. The first kappa shape index (κ1) is 15.2. The molecule has 0 atom stereocenters. The van der Waals surface area contributed by atoms with Gasteiger partial charge in [0.05, 0.1) is 36.1 Å². The van der Waals surface area contributed by atoms with Gasteiger partial charge in [0.1, 0.15) is 5.75 Å². The van der Waals surface area contributed by atoms with E-state index < -0.39 is 0 Å². The van der Waals surface area contributed by atoms with Gasteiger partial charge in [-0.2, -0.15) is 0 Å². The van der Waals surface area contributed by atoms with Gasteiger partial charge in [0, 0.05) is 12.1 Å². The molecule has 25 heavy (non-hydrogen) atoms. The standard InChI is InChI=1S/C18H16N4O3/c23-17-5-6-25-16-4-1-11(7-15(16)22-17)9-19-18(24)12-2-3-13-14(8-12)21-10-20-13/h1-4,7-8,10H,5-6,9H2,(H,19,24)(H,20,21)(H,22,23). The van der Waals surface area contributed by atoms with Crippen LogP contribution in [0, 0.1) is 0 Å². The number of imidazole rings is 1. The minimum absolute atomic E-state index is 0.0761. The second-order valence-electron chi connectivity index (χ2n) is 5.79. The van der Waals surface area contributed by atoms with Gasteiger partial charge in [0.2, 0.25) is 5.91 Å². The first-order valence-electron chi connectivity index (χ1n) is 7.96. The summed E-state index contributed by atoms with van der Waals surface area (Å²) >= 11 is 0. The van der Waals surface area contributed by atoms with Crippen LogP contribution < -0.4 is 15.4 Å². The summed E-state index contributed by atoms with van der Waals surface area (Å²) in [5, 5.41) is 5.69. The number of rotatable bonds is 3. The Morgan fingerprint density at radius 1 is 1.24 bits per heavy atom. The molecular formula is C18H16N4O3. The summed E-state index contributed by atoms with van der Waals surface area (Å²) in [6.07, 6.45) is 1.93. The normalized spacial score (nSPS) is 13.5. The fourth-order valence-corrected chi connectivity index (χ4v) is 2.74. The second kappa shape index (κ2) is 6.27. The van der Waals surface area contributed by atoms with Crippen LogP contribution >= 0.6 is 0 Å². The number of ether oxygens (including phenoxy) is 1. The van der Waals surface area contributed by atoms with Gasteiger partial charge in [-0.1, -0.05) is 6.07 Å². The molecule has 7 nitrogen and oxygen atoms in total. The molecule has 4 rings (SSSR count). The minimum Gasteiger partial charge on any atom is -0.491 e. The highest BCUT2D eigenvalue weighted by atomic mass is 16.5. The van der Waals surface area contributed by atoms with Crippen molar-refractivity contribution in [1.29, 1.82) is 0 Å². The van der Waals surface area contributed by atoms with Gasteiger partial charge < -0.3 is 20.4 Å². The number of carbonyl (C=O) groups excluding carboxylic acids is 2. The third kappa shape index (κ3) is 3.16. The van der Waals surface area contributed by atoms with Gasteiger partial charge in [-0.3, -0.25) is 9.59 Å². The van der Waals surface area contributed by atoms with Crippen molar-refractivity contribution in [1.82, 2.24) is 15.3 Å². The number of H-pyrrole nitrogens is 1. The van der Waals surface area contributed by atoms with Crippen molar-refractivity contribution in [3.63, 3.8) is 0 Å². The van der Waals surface area contributed by atoms with Gasteiger partial charge >= 0.3 is 0 Å². The third-order valence-corrected chi connectivity index (χ3v) is 4.04. The lowest BCUT2D eigenvalue weighted by Gasteiger charge is -2.10. The molecule has 7 heteroatoms. The SMILES string of the molecule is O=C1CCOc2ccc(CNC(=O)c3ccc4nc[nH]c4c3)cc2N1. The number of hydrogen-bond donors (Lipinski definition) is 3. The number of nitrogens with one attached hydrogen (secondary N) is 3. The number of benzene rings is 2. The van der Waals surface area contributed by atoms with Crippen LogP contribution in [0.3, 0.4) is 0 Å². The molecule has 1 aromatic heterocycles. The van der Waals surface area contributed by atoms with Gasteiger partial charge in [-0.05, 0) is 35.9 Å². The molecule has 1 aliphatic rings. The van der Waals surface area contributed by atoms with E-state index in [2.05, 4.69) is 20.6 Å². The number of aromatic amines is 1. The summed E-state index contributed by atoms with van der Waals surface area (Å²) in [7, 11) is 0. The number of carbonyl (C=O) groups is 2. The number of nitrogens with zero attached hydrogens (tertiary/aromatic N) is 1. The summed E-state index contributed by atoms with van der Waals surface area (Å²) < 4.78 is 5.52. The summed E-state index contributed by atoms with van der Waals surface area (Å²) in [5.41, 5.74) is 3.70. The molecule has 0 aliphatic carbocycles. The Morgan fingerprint density at radius 2 is 2.16 bits per heavy atom. The average molecular weight is 336 g/mol. The quantitative estimate of drug-likeness (QED) is 0.683. The molecule has 126 valence electrons. The van der Waals surface area contributed by atoms with Crippen LogP contribution in [0.4, 0.5) is 5.69 Å². The van der Waals surface area contributed by atoms with E-state index in [1.54, 1.807) is 30.6 Å². The Morgan fingerprint density at radius 3 is 3.08 bits per heavy atom. The molecule has 1 aliphatic heterocycles. The number of aromatic nitrogens is 2. The largest absolute Gasteiger partial charge is 0.491 e. The van der Waals surface area contributed by atoms with Crippen molar-refractivity contribution in [3.05, 3.63) is 53.9 Å². The van der Waals surface area contributed by atoms with Crippen LogP contribution in [0.25, 0.3) is 11.0 Å². The maximum Gasteiger partial charge on any atom is 0.251 e. The van der Waals surface area contributed by atoms with Crippen molar-refractivity contribution >= 4 is 28.5 Å². The van der Waals surface area contributed by atoms with Crippen molar-refractivity contribution in [2.24, 2.45) is 0 Å². The highest BCUT2D eigenvalue weighted by Crippen LogP contribution is 2.28. The monoisotopic (exact) mass is 336 g/mol. The van der Waals surface area contributed by atoms with Crippen molar-refractivity contribution in [2.45, 2.75) is 13.0 Å². The summed E-state index contributed by atoms with van der Waals surface area (Å²) in [6.45, 7) is 0.716. The lowest BCUT2D eigenvalue weighted by molar-refractivity contribution is -0.116. The zero-order valence-electron chi connectivity index (χ0n) is 13.3. The number of hydrogen-bond acceptors (Lipinski definition) is 4. The first-order valence-corrected chi connectivity index (χ1v) is 7.96. The van der Waals surface area contributed by atoms with E-state index in [1.165, 1.54) is 0 Å². The lowest BCUT2D eigenvalue weighted by atomic mass is 10.1. The number of anilines is 1. The third-order valence-electron chi connectivity index (χ3n) is 4.04. The van der Waals surface area contributed by atoms with Gasteiger partial charge in [0.25, 0.3) is 5.91 Å². The molecule has 0 spiro atoms. The summed E-state index contributed by atoms with van der Waals surface area (Å²) in [4.78, 5) is 31.1. The summed E-state index contributed by atoms with van der Waals surface area (Å²) in [5.74, 6) is 0.394. The van der Waals surface area contributed by atoms with Crippen LogP contribution in [-0.2, 0) is 11.3 Å². The average Bonchev–Trinajstić information content (AvgIpc) is 3.00. The van der Waals surface area contributed by atoms with Gasteiger partial charge in [0.15, 0.2) is 0 Å². The molecular weight excluding hydrogens is 320 g/mol. The molecule has 3 N–H and O–H groups in total. The molecule has 3 aromatic rings. The molecule has 2 aromatic carbocycles. The van der Waals surface area contributed by atoms with Crippen molar-refractivity contribution in [2.75, 3.05) is 11.9 Å². The van der Waals surface area contributed by atoms with Crippen LogP contribution in [0.1, 0.15) is 22.3 Å². The minimum atomic E-state index is -0.174. The molecule has 2 heterocycles. The summed E-state index contributed by atoms with van der Waals surface area (Å²) in [6, 6.07) is 10.8. The van der Waals surface area contributed by atoms with E-state index in [0.717, 1.165) is 16.6 Å². The fraction of sp³-hybridized carbons (Fsp3) is 0.167. The zero-order chi connectivity index (χ0) is 17.2.